The summed E-state index contributed by atoms with van der Waals surface area (Å²) in [6.07, 6.45) is 0.886. The molecule has 1 aromatic carbocycles. The van der Waals surface area contributed by atoms with Crippen molar-refractivity contribution in [3.8, 4) is 11.5 Å². The van der Waals surface area contributed by atoms with Crippen molar-refractivity contribution in [2.24, 2.45) is 5.41 Å². The molecule has 2 N–H and O–H groups in total. The number of para-hydroxylation sites is 1. The molecule has 3 heteroatoms. The van der Waals surface area contributed by atoms with Crippen molar-refractivity contribution in [2.45, 2.75) is 25.7 Å². The first-order valence-corrected chi connectivity index (χ1v) is 5.46. The normalized spacial score (nSPS) is 26.5. The predicted octanol–water partition coefficient (Wildman–Crippen LogP) is 2.06. The number of ether oxygens (including phenoxy) is 1. The maximum atomic E-state index is 10.1. The van der Waals surface area contributed by atoms with E-state index in [4.69, 9.17) is 4.74 Å². The molecule has 88 valence electrons. The number of hydrogen-bond donors (Lipinski definition) is 2. The van der Waals surface area contributed by atoms with Gasteiger partial charge in [0.15, 0.2) is 11.5 Å². The number of benzene rings is 1. The lowest BCUT2D eigenvalue weighted by molar-refractivity contribution is 0.227. The zero-order valence-electron chi connectivity index (χ0n) is 9.95. The Morgan fingerprint density at radius 3 is 2.44 bits per heavy atom. The predicted molar refractivity (Wildman–Crippen MR) is 61.8 cm³/mol. The number of phenols is 1. The quantitative estimate of drug-likeness (QED) is 0.823. The van der Waals surface area contributed by atoms with Crippen LogP contribution in [0.25, 0.3) is 0 Å². The molecule has 1 aromatic rings. The largest absolute Gasteiger partial charge is 0.504 e. The van der Waals surface area contributed by atoms with E-state index in [-0.39, 0.29) is 23.2 Å². The molecular formula is C13H18O3. The lowest BCUT2D eigenvalue weighted by atomic mass is 9.88. The maximum Gasteiger partial charge on any atom is 0.161 e. The Hall–Kier alpha value is -1.22. The molecule has 3 nitrogen and oxygen atoms in total. The van der Waals surface area contributed by atoms with E-state index in [1.165, 1.54) is 7.11 Å². The fourth-order valence-corrected chi connectivity index (χ4v) is 2.60. The second-order valence-electron chi connectivity index (χ2n) is 5.16. The van der Waals surface area contributed by atoms with Gasteiger partial charge in [-0.2, -0.15) is 0 Å². The van der Waals surface area contributed by atoms with Crippen LogP contribution in [0.5, 0.6) is 11.5 Å². The zero-order chi connectivity index (χ0) is 12.0. The molecule has 1 saturated carbocycles. The van der Waals surface area contributed by atoms with Crippen LogP contribution in [0.2, 0.25) is 0 Å². The zero-order valence-corrected chi connectivity index (χ0v) is 9.95. The minimum Gasteiger partial charge on any atom is -0.504 e. The van der Waals surface area contributed by atoms with Gasteiger partial charge in [0.25, 0.3) is 0 Å². The van der Waals surface area contributed by atoms with Crippen molar-refractivity contribution in [3.05, 3.63) is 23.8 Å². The van der Waals surface area contributed by atoms with E-state index in [0.29, 0.717) is 5.75 Å². The van der Waals surface area contributed by atoms with E-state index in [2.05, 4.69) is 13.8 Å². The van der Waals surface area contributed by atoms with Crippen LogP contribution >= 0.6 is 0 Å². The van der Waals surface area contributed by atoms with Gasteiger partial charge in [0, 0.05) is 11.0 Å². The van der Waals surface area contributed by atoms with Crippen LogP contribution in [0.4, 0.5) is 0 Å². The van der Waals surface area contributed by atoms with Crippen molar-refractivity contribution in [1.82, 2.24) is 0 Å². The first-order chi connectivity index (χ1) is 7.48. The molecule has 0 amide bonds. The van der Waals surface area contributed by atoms with Gasteiger partial charge in [-0.3, -0.25) is 0 Å². The first-order valence-electron chi connectivity index (χ1n) is 5.46. The van der Waals surface area contributed by atoms with Gasteiger partial charge >= 0.3 is 0 Å². The summed E-state index contributed by atoms with van der Waals surface area (Å²) in [5.41, 5.74) is 0.511. The molecule has 1 fully saturated rings. The number of rotatable bonds is 3. The Morgan fingerprint density at radius 2 is 2.00 bits per heavy atom. The highest BCUT2D eigenvalue weighted by atomic mass is 16.5. The molecule has 1 aliphatic carbocycles. The summed E-state index contributed by atoms with van der Waals surface area (Å²) >= 11 is 0. The molecule has 0 heterocycles. The van der Waals surface area contributed by atoms with Crippen LogP contribution in [0.3, 0.4) is 0 Å². The molecule has 16 heavy (non-hydrogen) atoms. The highest BCUT2D eigenvalue weighted by Crippen LogP contribution is 2.66. The Morgan fingerprint density at radius 1 is 1.38 bits per heavy atom. The summed E-state index contributed by atoms with van der Waals surface area (Å²) in [5.74, 6) is 0.623. The summed E-state index contributed by atoms with van der Waals surface area (Å²) in [7, 11) is 1.53. The Labute approximate surface area is 95.7 Å². The van der Waals surface area contributed by atoms with Crippen LogP contribution < -0.4 is 4.74 Å². The molecule has 2 rings (SSSR count). The van der Waals surface area contributed by atoms with Gasteiger partial charge < -0.3 is 14.9 Å². The van der Waals surface area contributed by atoms with Crippen LogP contribution in [-0.4, -0.2) is 23.9 Å². The second-order valence-corrected chi connectivity index (χ2v) is 5.16. The summed E-state index contributed by atoms with van der Waals surface area (Å²) in [4.78, 5) is 0. The highest BCUT2D eigenvalue weighted by molar-refractivity contribution is 5.53. The van der Waals surface area contributed by atoms with E-state index in [9.17, 15) is 10.2 Å². The number of aliphatic hydroxyl groups is 1. The van der Waals surface area contributed by atoms with Crippen molar-refractivity contribution in [2.75, 3.05) is 13.7 Å². The minimum absolute atomic E-state index is 0.0333. The lowest BCUT2D eigenvalue weighted by Crippen LogP contribution is -2.19. The van der Waals surface area contributed by atoms with E-state index in [0.717, 1.165) is 12.0 Å². The number of methoxy groups -OCH3 is 1. The molecule has 0 aliphatic heterocycles. The van der Waals surface area contributed by atoms with Crippen LogP contribution in [0, 0.1) is 5.41 Å². The molecule has 0 bridgehead atoms. The van der Waals surface area contributed by atoms with Gasteiger partial charge in [-0.15, -0.1) is 0 Å². The minimum atomic E-state index is -0.314. The Kier molecular flexibility index (Phi) is 2.39. The van der Waals surface area contributed by atoms with Crippen molar-refractivity contribution in [3.63, 3.8) is 0 Å². The standard InChI is InChI=1S/C13H18O3/c1-12(2)7-13(12,8-14)9-5-4-6-10(16-3)11(9)15/h4-6,14-15H,7-8H2,1-3H3. The van der Waals surface area contributed by atoms with Crippen molar-refractivity contribution >= 4 is 0 Å². The number of hydrogen-bond acceptors (Lipinski definition) is 3. The molecule has 1 aliphatic rings. The second kappa shape index (κ2) is 3.39. The molecule has 1 atom stereocenters. The SMILES string of the molecule is COc1cccc(C2(CO)CC2(C)C)c1O. The van der Waals surface area contributed by atoms with E-state index in [1.807, 2.05) is 12.1 Å². The molecule has 0 spiro atoms. The average Bonchev–Trinajstić information content (AvgIpc) is 2.82. The summed E-state index contributed by atoms with van der Waals surface area (Å²) in [6.45, 7) is 4.25. The third-order valence-corrected chi connectivity index (χ3v) is 3.92. The third-order valence-electron chi connectivity index (χ3n) is 3.92. The van der Waals surface area contributed by atoms with Gasteiger partial charge in [-0.1, -0.05) is 26.0 Å². The number of aromatic hydroxyl groups is 1. The van der Waals surface area contributed by atoms with Gasteiger partial charge in [0.1, 0.15) is 0 Å². The Balaban J connectivity index is 2.49. The molecule has 0 aromatic heterocycles. The maximum absolute atomic E-state index is 10.1. The molecule has 0 saturated heterocycles. The fraction of sp³-hybridized carbons (Fsp3) is 0.538. The van der Waals surface area contributed by atoms with E-state index in [1.54, 1.807) is 6.07 Å². The Bertz CT molecular complexity index is 412. The monoisotopic (exact) mass is 222 g/mol. The topological polar surface area (TPSA) is 49.7 Å². The molecule has 0 radical (unpaired) electrons. The lowest BCUT2D eigenvalue weighted by Gasteiger charge is -2.20. The smallest absolute Gasteiger partial charge is 0.161 e. The van der Waals surface area contributed by atoms with Crippen LogP contribution in [-0.2, 0) is 5.41 Å². The van der Waals surface area contributed by atoms with Crippen LogP contribution in [0.15, 0.2) is 18.2 Å². The van der Waals surface area contributed by atoms with Crippen LogP contribution in [0.1, 0.15) is 25.8 Å². The van der Waals surface area contributed by atoms with Gasteiger partial charge in [0.2, 0.25) is 0 Å². The average molecular weight is 222 g/mol. The first kappa shape index (κ1) is 11.3. The highest BCUT2D eigenvalue weighted by Gasteiger charge is 2.62. The van der Waals surface area contributed by atoms with Crippen molar-refractivity contribution < 1.29 is 14.9 Å². The van der Waals surface area contributed by atoms with Gasteiger partial charge in [-0.25, -0.2) is 0 Å². The molecule has 1 unspecified atom stereocenters. The summed E-state index contributed by atoms with van der Waals surface area (Å²) < 4.78 is 5.09. The van der Waals surface area contributed by atoms with Gasteiger partial charge in [0.05, 0.1) is 13.7 Å². The number of phenolic OH excluding ortho intramolecular Hbond substituents is 1. The van der Waals surface area contributed by atoms with E-state index < -0.39 is 0 Å². The summed E-state index contributed by atoms with van der Waals surface area (Å²) in [6, 6.07) is 5.43. The van der Waals surface area contributed by atoms with Gasteiger partial charge in [-0.05, 0) is 17.9 Å². The summed E-state index contributed by atoms with van der Waals surface area (Å²) in [5, 5.41) is 19.7. The number of aliphatic hydroxyl groups excluding tert-OH is 1. The van der Waals surface area contributed by atoms with E-state index >= 15 is 0 Å². The van der Waals surface area contributed by atoms with Crippen molar-refractivity contribution in [1.29, 1.82) is 0 Å². The molecular weight excluding hydrogens is 204 g/mol. The third kappa shape index (κ3) is 1.31. The fourth-order valence-electron chi connectivity index (χ4n) is 2.60.